The van der Waals surface area contributed by atoms with E-state index in [-0.39, 0.29) is 31.0 Å². The van der Waals surface area contributed by atoms with E-state index >= 15 is 0 Å². The monoisotopic (exact) mass is 566 g/mol. The fourth-order valence-corrected chi connectivity index (χ4v) is 5.78. The van der Waals surface area contributed by atoms with E-state index < -0.39 is 15.8 Å². The van der Waals surface area contributed by atoms with Gasteiger partial charge in [0.05, 0.1) is 24.0 Å². The van der Waals surface area contributed by atoms with Crippen LogP contribution in [0.15, 0.2) is 58.7 Å². The molecule has 2 aromatic heterocycles. The largest absolute Gasteiger partial charge is 0.504 e. The van der Waals surface area contributed by atoms with Crippen molar-refractivity contribution < 1.29 is 22.7 Å². The highest BCUT2D eigenvalue weighted by Crippen LogP contribution is 2.37. The number of phenolic OH excluding ortho intramolecular Hbond substituents is 1. The molecule has 2 heterocycles. The topological polar surface area (TPSA) is 114 Å². The predicted molar refractivity (Wildman–Crippen MR) is 139 cm³/mol. The Kier molecular flexibility index (Phi) is 7.46. The number of hydrogen-bond acceptors (Lipinski definition) is 8. The number of thiazole rings is 1. The number of methoxy groups -OCH3 is 1. The van der Waals surface area contributed by atoms with E-state index in [0.717, 1.165) is 17.4 Å². The second-order valence-corrected chi connectivity index (χ2v) is 11.0. The number of aromatic nitrogens is 2. The van der Waals surface area contributed by atoms with Gasteiger partial charge < -0.3 is 9.84 Å². The van der Waals surface area contributed by atoms with Crippen LogP contribution < -0.4 is 9.46 Å². The maximum atomic E-state index is 13.8. The van der Waals surface area contributed by atoms with Crippen molar-refractivity contribution in [1.29, 1.82) is 0 Å². The molecule has 2 N–H and O–H groups in total. The third-order valence-electron chi connectivity index (χ3n) is 4.87. The van der Waals surface area contributed by atoms with Gasteiger partial charge in [-0.3, -0.25) is 9.71 Å². The number of aromatic hydroxyl groups is 1. The number of rotatable bonds is 7. The number of aliphatic imine (C=N–C) groups is 1. The van der Waals surface area contributed by atoms with Crippen molar-refractivity contribution >= 4 is 61.6 Å². The molecule has 13 heteroatoms. The molecule has 4 rings (SSSR count). The molecule has 0 unspecified atom stereocenters. The summed E-state index contributed by atoms with van der Waals surface area (Å²) in [6, 6.07) is 10.5. The number of para-hydroxylation sites is 1. The fourth-order valence-electron chi connectivity index (χ4n) is 3.18. The van der Waals surface area contributed by atoms with Crippen LogP contribution in [0.2, 0.25) is 9.36 Å². The number of phenols is 1. The molecule has 0 bridgehead atoms. The maximum Gasteiger partial charge on any atom is 0.281 e. The number of hydrogen-bond donors (Lipinski definition) is 2. The number of sulfonamides is 1. The standard InChI is InChI=1S/C23H17Cl2FN4O4S2/c1-12-8-15(27-10-14-4-3-5-18(34-2)20(14)31)11-28-22(12)36(32,33)30-23-29-19(21(25)35-23)13-6-7-16(24)17(26)9-13/h3-11,31H,1-2H3,(H,29,30)/b27-10+. The SMILES string of the molecule is COc1cccc(/C=N/c2cnc(S(=O)(=O)Nc3nc(-c4ccc(Cl)c(F)c4)c(Cl)s3)c(C)c2)c1O. The van der Waals surface area contributed by atoms with Gasteiger partial charge in [-0.1, -0.05) is 46.7 Å². The summed E-state index contributed by atoms with van der Waals surface area (Å²) in [7, 11) is -2.68. The van der Waals surface area contributed by atoms with Crippen LogP contribution in [0.4, 0.5) is 15.2 Å². The van der Waals surface area contributed by atoms with Crippen molar-refractivity contribution in [3.63, 3.8) is 0 Å². The van der Waals surface area contributed by atoms with Crippen molar-refractivity contribution in [3.05, 3.63) is 75.0 Å². The summed E-state index contributed by atoms with van der Waals surface area (Å²) in [5.41, 5.74) is 1.68. The van der Waals surface area contributed by atoms with Crippen LogP contribution >= 0.6 is 34.5 Å². The highest BCUT2D eigenvalue weighted by atomic mass is 35.5. The summed E-state index contributed by atoms with van der Waals surface area (Å²) >= 11 is 12.8. The first-order chi connectivity index (χ1) is 17.1. The number of halogens is 3. The third kappa shape index (κ3) is 5.44. The van der Waals surface area contributed by atoms with Crippen molar-refractivity contribution in [3.8, 4) is 22.8 Å². The van der Waals surface area contributed by atoms with E-state index in [1.54, 1.807) is 25.1 Å². The van der Waals surface area contributed by atoms with Gasteiger partial charge in [-0.15, -0.1) is 0 Å². The summed E-state index contributed by atoms with van der Waals surface area (Å²) in [5, 5.41) is 9.88. The molecule has 36 heavy (non-hydrogen) atoms. The summed E-state index contributed by atoms with van der Waals surface area (Å²) < 4.78 is 47.4. The highest BCUT2D eigenvalue weighted by molar-refractivity contribution is 7.92. The summed E-state index contributed by atoms with van der Waals surface area (Å²) in [5.74, 6) is -0.420. The van der Waals surface area contributed by atoms with Gasteiger partial charge in [-0.05, 0) is 42.8 Å². The molecule has 186 valence electrons. The molecule has 0 saturated carbocycles. The Bertz CT molecular complexity index is 1590. The summed E-state index contributed by atoms with van der Waals surface area (Å²) in [4.78, 5) is 12.5. The van der Waals surface area contributed by atoms with Crippen LogP contribution in [0.5, 0.6) is 11.5 Å². The molecule has 4 aromatic rings. The second-order valence-electron chi connectivity index (χ2n) is 7.35. The Morgan fingerprint density at radius 2 is 2.00 bits per heavy atom. The second kappa shape index (κ2) is 10.4. The summed E-state index contributed by atoms with van der Waals surface area (Å²) in [6.07, 6.45) is 2.70. The van der Waals surface area contributed by atoms with Crippen LogP contribution in [0, 0.1) is 12.7 Å². The van der Waals surface area contributed by atoms with E-state index in [1.165, 1.54) is 37.7 Å². The molecule has 0 atom stereocenters. The van der Waals surface area contributed by atoms with E-state index in [9.17, 15) is 17.9 Å². The van der Waals surface area contributed by atoms with Gasteiger partial charge in [0.25, 0.3) is 10.0 Å². The van der Waals surface area contributed by atoms with Crippen LogP contribution in [-0.2, 0) is 10.0 Å². The molecule has 2 aromatic carbocycles. The molecule has 0 aliphatic rings. The molecule has 0 amide bonds. The maximum absolute atomic E-state index is 13.8. The zero-order valence-corrected chi connectivity index (χ0v) is 21.8. The number of pyridine rings is 1. The first-order valence-electron chi connectivity index (χ1n) is 10.1. The zero-order chi connectivity index (χ0) is 26.0. The minimum absolute atomic E-state index is 0.0119. The Morgan fingerprint density at radius 3 is 2.69 bits per heavy atom. The predicted octanol–water partition coefficient (Wildman–Crippen LogP) is 6.23. The smallest absolute Gasteiger partial charge is 0.281 e. The molecule has 0 aliphatic heterocycles. The minimum atomic E-state index is -4.12. The Morgan fingerprint density at radius 1 is 1.22 bits per heavy atom. The van der Waals surface area contributed by atoms with Gasteiger partial charge in [0.2, 0.25) is 0 Å². The van der Waals surface area contributed by atoms with E-state index in [0.29, 0.717) is 28.1 Å². The Labute approximate surface area is 220 Å². The lowest BCUT2D eigenvalue weighted by Crippen LogP contribution is -2.15. The molecule has 0 saturated heterocycles. The lowest BCUT2D eigenvalue weighted by molar-refractivity contribution is 0.373. The third-order valence-corrected chi connectivity index (χ3v) is 7.88. The van der Waals surface area contributed by atoms with Gasteiger partial charge in [-0.2, -0.15) is 8.42 Å². The van der Waals surface area contributed by atoms with E-state index in [2.05, 4.69) is 19.7 Å². The first-order valence-corrected chi connectivity index (χ1v) is 13.2. The number of ether oxygens (including phenoxy) is 1. The Hall–Kier alpha value is -3.25. The molecular weight excluding hydrogens is 550 g/mol. The lowest BCUT2D eigenvalue weighted by atomic mass is 10.2. The van der Waals surface area contributed by atoms with Gasteiger partial charge in [0.15, 0.2) is 21.7 Å². The molecule has 0 spiro atoms. The average molecular weight is 567 g/mol. The molecule has 0 aliphatic carbocycles. The number of nitrogens with one attached hydrogen (secondary N) is 1. The minimum Gasteiger partial charge on any atom is -0.504 e. The fraction of sp³-hybridized carbons (Fsp3) is 0.0870. The normalized spacial score (nSPS) is 11.7. The van der Waals surface area contributed by atoms with Crippen LogP contribution in [0.25, 0.3) is 11.3 Å². The van der Waals surface area contributed by atoms with Crippen molar-refractivity contribution in [2.45, 2.75) is 11.9 Å². The van der Waals surface area contributed by atoms with E-state index in [1.807, 2.05) is 0 Å². The molecule has 8 nitrogen and oxygen atoms in total. The lowest BCUT2D eigenvalue weighted by Gasteiger charge is -2.08. The van der Waals surface area contributed by atoms with Gasteiger partial charge in [0, 0.05) is 17.3 Å². The Balaban J connectivity index is 1.56. The number of nitrogens with zero attached hydrogens (tertiary/aromatic N) is 3. The first kappa shape index (κ1) is 25.8. The summed E-state index contributed by atoms with van der Waals surface area (Å²) in [6.45, 7) is 1.57. The van der Waals surface area contributed by atoms with Gasteiger partial charge >= 0.3 is 0 Å². The molecule has 0 fully saturated rings. The van der Waals surface area contributed by atoms with E-state index in [4.69, 9.17) is 27.9 Å². The zero-order valence-electron chi connectivity index (χ0n) is 18.7. The average Bonchev–Trinajstić information content (AvgIpc) is 3.19. The highest BCUT2D eigenvalue weighted by Gasteiger charge is 2.22. The number of aryl methyl sites for hydroxylation is 1. The molecule has 0 radical (unpaired) electrons. The quantitative estimate of drug-likeness (QED) is 0.256. The van der Waals surface area contributed by atoms with Crippen molar-refractivity contribution in [2.24, 2.45) is 4.99 Å². The van der Waals surface area contributed by atoms with Crippen LogP contribution in [-0.4, -0.2) is 36.8 Å². The van der Waals surface area contributed by atoms with Crippen LogP contribution in [0.1, 0.15) is 11.1 Å². The molecular formula is C23H17Cl2FN4O4S2. The van der Waals surface area contributed by atoms with Crippen molar-refractivity contribution in [2.75, 3.05) is 11.8 Å². The van der Waals surface area contributed by atoms with Crippen LogP contribution in [0.3, 0.4) is 0 Å². The van der Waals surface area contributed by atoms with Crippen molar-refractivity contribution in [1.82, 2.24) is 9.97 Å². The number of anilines is 1. The van der Waals surface area contributed by atoms with Gasteiger partial charge in [0.1, 0.15) is 15.8 Å². The number of benzene rings is 2. The van der Waals surface area contributed by atoms with Gasteiger partial charge in [-0.25, -0.2) is 14.4 Å².